The zero-order chi connectivity index (χ0) is 20.7. The molecule has 0 aliphatic carbocycles. The second kappa shape index (κ2) is 7.21. The Morgan fingerprint density at radius 2 is 1.61 bits per heavy atom. The fourth-order valence-electron chi connectivity index (χ4n) is 3.41. The summed E-state index contributed by atoms with van der Waals surface area (Å²) in [7, 11) is 0. The molecule has 2 aliphatic rings. The zero-order valence-corrected chi connectivity index (χ0v) is 14.8. The minimum Gasteiger partial charge on any atom is -0.464 e. The molecule has 0 aromatic heterocycles. The molecule has 1 saturated heterocycles. The molecule has 0 N–H and O–H groups in total. The van der Waals surface area contributed by atoms with Crippen molar-refractivity contribution in [3.8, 4) is 0 Å². The number of hydrogen-bond acceptors (Lipinski definition) is 6. The molecular formula is C19H15F3O6. The number of rotatable bonds is 3. The molecule has 1 fully saturated rings. The predicted molar refractivity (Wildman–Crippen MR) is 86.0 cm³/mol. The third-order valence-corrected chi connectivity index (χ3v) is 4.91. The van der Waals surface area contributed by atoms with Crippen molar-refractivity contribution in [2.75, 3.05) is 6.61 Å². The van der Waals surface area contributed by atoms with Gasteiger partial charge in [0.15, 0.2) is 29.0 Å². The topological polar surface area (TPSA) is 86.7 Å². The summed E-state index contributed by atoms with van der Waals surface area (Å²) in [5, 5.41) is 0. The molecule has 4 unspecified atom stereocenters. The van der Waals surface area contributed by atoms with Crippen molar-refractivity contribution in [3.63, 3.8) is 0 Å². The maximum absolute atomic E-state index is 13.8. The molecule has 148 valence electrons. The number of carbonyl (C=O) groups excluding carboxylic acids is 4. The van der Waals surface area contributed by atoms with Crippen molar-refractivity contribution < 1.29 is 41.8 Å². The standard InChI is InChI=1S/C19H15F3O6/c1-7-5-27-18(25)13(16(7)23)12(9-3-10(20)15(22)11(21)4-9)14-17(24)8(2)6-28-19(14)26/h3-5,8,12-14H,6H2,1-2H3. The molecule has 9 heteroatoms. The molecule has 1 aromatic carbocycles. The average Bonchev–Trinajstić information content (AvgIpc) is 2.64. The van der Waals surface area contributed by atoms with Gasteiger partial charge in [-0.05, 0) is 24.6 Å². The van der Waals surface area contributed by atoms with Gasteiger partial charge in [0, 0.05) is 11.5 Å². The first-order valence-corrected chi connectivity index (χ1v) is 8.39. The summed E-state index contributed by atoms with van der Waals surface area (Å²) in [4.78, 5) is 50.0. The minimum atomic E-state index is -1.76. The third-order valence-electron chi connectivity index (χ3n) is 4.91. The SMILES string of the molecule is CC1=COC(=O)C(C(c2cc(F)c(F)c(F)c2)C2C(=O)OCC(C)C2=O)C1=O. The summed E-state index contributed by atoms with van der Waals surface area (Å²) in [5.41, 5.74) is -0.381. The molecular weight excluding hydrogens is 381 g/mol. The van der Waals surface area contributed by atoms with Gasteiger partial charge in [-0.25, -0.2) is 13.2 Å². The second-order valence-electron chi connectivity index (χ2n) is 6.82. The quantitative estimate of drug-likeness (QED) is 0.442. The highest BCUT2D eigenvalue weighted by atomic mass is 19.2. The molecule has 0 bridgehead atoms. The molecule has 28 heavy (non-hydrogen) atoms. The van der Waals surface area contributed by atoms with Crippen LogP contribution in [0.1, 0.15) is 25.3 Å². The molecule has 6 nitrogen and oxygen atoms in total. The van der Waals surface area contributed by atoms with E-state index in [1.807, 2.05) is 0 Å². The molecule has 0 amide bonds. The Morgan fingerprint density at radius 1 is 1.00 bits per heavy atom. The lowest BCUT2D eigenvalue weighted by Gasteiger charge is -2.35. The van der Waals surface area contributed by atoms with Gasteiger partial charge < -0.3 is 9.47 Å². The van der Waals surface area contributed by atoms with Crippen LogP contribution in [0.15, 0.2) is 24.0 Å². The maximum atomic E-state index is 13.8. The first kappa shape index (κ1) is 19.8. The fraction of sp³-hybridized carbons (Fsp3) is 0.368. The monoisotopic (exact) mass is 396 g/mol. The van der Waals surface area contributed by atoms with E-state index >= 15 is 0 Å². The normalized spacial score (nSPS) is 26.5. The van der Waals surface area contributed by atoms with Crippen LogP contribution in [-0.4, -0.2) is 30.1 Å². The van der Waals surface area contributed by atoms with Crippen molar-refractivity contribution in [1.29, 1.82) is 0 Å². The number of hydrogen-bond donors (Lipinski definition) is 0. The highest BCUT2D eigenvalue weighted by molar-refractivity contribution is 6.12. The first-order valence-electron chi connectivity index (χ1n) is 8.39. The zero-order valence-electron chi connectivity index (χ0n) is 14.8. The summed E-state index contributed by atoms with van der Waals surface area (Å²) in [6.07, 6.45) is 0.910. The maximum Gasteiger partial charge on any atom is 0.322 e. The average molecular weight is 396 g/mol. The van der Waals surface area contributed by atoms with Crippen LogP contribution in [0.3, 0.4) is 0 Å². The number of Topliss-reactive ketones (excluding diaryl/α,β-unsaturated/α-hetero) is 2. The van der Waals surface area contributed by atoms with Crippen LogP contribution in [-0.2, 0) is 28.7 Å². The molecule has 4 atom stereocenters. The van der Waals surface area contributed by atoms with Crippen LogP contribution in [0.25, 0.3) is 0 Å². The second-order valence-corrected chi connectivity index (χ2v) is 6.82. The number of halogens is 3. The van der Waals surface area contributed by atoms with Crippen molar-refractivity contribution in [2.24, 2.45) is 17.8 Å². The molecule has 2 heterocycles. The summed E-state index contributed by atoms with van der Waals surface area (Å²) in [5.74, 6) is -14.3. The van der Waals surface area contributed by atoms with E-state index in [1.165, 1.54) is 13.8 Å². The van der Waals surface area contributed by atoms with Crippen LogP contribution in [0.5, 0.6) is 0 Å². The molecule has 1 aromatic rings. The van der Waals surface area contributed by atoms with E-state index in [4.69, 9.17) is 9.47 Å². The molecule has 2 aliphatic heterocycles. The summed E-state index contributed by atoms with van der Waals surface area (Å²) >= 11 is 0. The highest BCUT2D eigenvalue weighted by Gasteiger charge is 2.51. The highest BCUT2D eigenvalue weighted by Crippen LogP contribution is 2.41. The lowest BCUT2D eigenvalue weighted by Crippen LogP contribution is -2.47. The number of ether oxygens (including phenoxy) is 2. The van der Waals surface area contributed by atoms with Gasteiger partial charge in [-0.15, -0.1) is 0 Å². The van der Waals surface area contributed by atoms with Gasteiger partial charge in [-0.2, -0.15) is 0 Å². The summed E-state index contributed by atoms with van der Waals surface area (Å²) in [6.45, 7) is 2.61. The van der Waals surface area contributed by atoms with Crippen LogP contribution < -0.4 is 0 Å². The first-order chi connectivity index (χ1) is 13.1. The van der Waals surface area contributed by atoms with E-state index in [-0.39, 0.29) is 12.2 Å². The van der Waals surface area contributed by atoms with Crippen molar-refractivity contribution in [3.05, 3.63) is 47.0 Å². The van der Waals surface area contributed by atoms with Gasteiger partial charge in [0.1, 0.15) is 24.7 Å². The van der Waals surface area contributed by atoms with E-state index < -0.39 is 70.2 Å². The Labute approximate surface area is 157 Å². The van der Waals surface area contributed by atoms with Gasteiger partial charge >= 0.3 is 11.9 Å². The summed E-state index contributed by atoms with van der Waals surface area (Å²) < 4.78 is 50.9. The molecule has 0 radical (unpaired) electrons. The van der Waals surface area contributed by atoms with Crippen LogP contribution >= 0.6 is 0 Å². The molecule has 0 saturated carbocycles. The van der Waals surface area contributed by atoms with Crippen LogP contribution in [0.2, 0.25) is 0 Å². The van der Waals surface area contributed by atoms with Gasteiger partial charge in [0.05, 0.1) is 5.92 Å². The Morgan fingerprint density at radius 3 is 2.21 bits per heavy atom. The van der Waals surface area contributed by atoms with Gasteiger partial charge in [-0.1, -0.05) is 6.92 Å². The molecule has 0 spiro atoms. The lowest BCUT2D eigenvalue weighted by atomic mass is 9.69. The lowest BCUT2D eigenvalue weighted by molar-refractivity contribution is -0.164. The predicted octanol–water partition coefficient (Wildman–Crippen LogP) is 2.21. The van der Waals surface area contributed by atoms with Gasteiger partial charge in [0.2, 0.25) is 0 Å². The Hall–Kier alpha value is -2.97. The Balaban J connectivity index is 2.21. The van der Waals surface area contributed by atoms with Gasteiger partial charge in [0.25, 0.3) is 0 Å². The number of carbonyl (C=O) groups is 4. The number of cyclic esters (lactones) is 2. The van der Waals surface area contributed by atoms with Crippen LogP contribution in [0.4, 0.5) is 13.2 Å². The fourth-order valence-corrected chi connectivity index (χ4v) is 3.41. The van der Waals surface area contributed by atoms with Gasteiger partial charge in [-0.3, -0.25) is 19.2 Å². The number of benzene rings is 1. The van der Waals surface area contributed by atoms with Crippen LogP contribution in [0, 0.1) is 35.2 Å². The van der Waals surface area contributed by atoms with E-state index in [2.05, 4.69) is 0 Å². The minimum absolute atomic E-state index is 0.0160. The van der Waals surface area contributed by atoms with Crippen molar-refractivity contribution >= 4 is 23.5 Å². The molecule has 3 rings (SSSR count). The van der Waals surface area contributed by atoms with Crippen molar-refractivity contribution in [2.45, 2.75) is 19.8 Å². The van der Waals surface area contributed by atoms with E-state index in [0.717, 1.165) is 6.26 Å². The Bertz CT molecular complexity index is 899. The summed E-state index contributed by atoms with van der Waals surface area (Å²) in [6, 6.07) is 1.11. The number of allylic oxidation sites excluding steroid dienone is 1. The van der Waals surface area contributed by atoms with E-state index in [1.54, 1.807) is 0 Å². The Kier molecular flexibility index (Phi) is 5.10. The smallest absolute Gasteiger partial charge is 0.322 e. The van der Waals surface area contributed by atoms with E-state index in [0.29, 0.717) is 12.1 Å². The largest absolute Gasteiger partial charge is 0.464 e. The third kappa shape index (κ3) is 3.21. The number of ketones is 2. The van der Waals surface area contributed by atoms with Crippen molar-refractivity contribution in [1.82, 2.24) is 0 Å². The van der Waals surface area contributed by atoms with E-state index in [9.17, 15) is 32.3 Å². The number of esters is 2.